The number of benzene rings is 3. The second-order valence-corrected chi connectivity index (χ2v) is 7.37. The number of halogens is 3. The molecule has 0 amide bonds. The van der Waals surface area contributed by atoms with Gasteiger partial charge in [0.2, 0.25) is 0 Å². The Morgan fingerprint density at radius 2 is 1.78 bits per heavy atom. The Morgan fingerprint density at radius 3 is 2.59 bits per heavy atom. The minimum Gasteiger partial charge on any atom is -0.338 e. The van der Waals surface area contributed by atoms with Crippen LogP contribution in [0.1, 0.15) is 15.9 Å². The van der Waals surface area contributed by atoms with E-state index in [0.717, 1.165) is 16.6 Å². The molecule has 1 N–H and O–H groups in total. The lowest BCUT2D eigenvalue weighted by Gasteiger charge is -2.02. The van der Waals surface area contributed by atoms with Gasteiger partial charge in [-0.25, -0.2) is 4.98 Å². The fourth-order valence-corrected chi connectivity index (χ4v) is 3.53. The Labute approximate surface area is 170 Å². The molecule has 134 valence electrons. The molecule has 0 unspecified atom stereocenters. The van der Waals surface area contributed by atoms with Crippen LogP contribution in [-0.4, -0.2) is 15.8 Å². The largest absolute Gasteiger partial charge is 0.338 e. The summed E-state index contributed by atoms with van der Waals surface area (Å²) in [6.45, 7) is 0. The van der Waals surface area contributed by atoms with Crippen molar-refractivity contribution in [2.24, 2.45) is 0 Å². The molecule has 1 aromatic heterocycles. The molecule has 0 spiro atoms. The molecular formula is C21H13Cl3N2O. The van der Waals surface area contributed by atoms with E-state index in [1.54, 1.807) is 30.3 Å². The maximum Gasteiger partial charge on any atom is 0.167 e. The number of carbonyl (C=O) groups excluding carboxylic acids is 1. The zero-order valence-electron chi connectivity index (χ0n) is 14.0. The summed E-state index contributed by atoms with van der Waals surface area (Å²) >= 11 is 18.4. The second-order valence-electron chi connectivity index (χ2n) is 6.15. The SMILES string of the molecule is O=C(Cc1cccc(Cl)c1)c1ccc2nc(-c3cccc(Cl)c3Cl)[nH]c2c1. The van der Waals surface area contributed by atoms with E-state index in [4.69, 9.17) is 34.8 Å². The quantitative estimate of drug-likeness (QED) is 0.381. The van der Waals surface area contributed by atoms with Gasteiger partial charge in [0.15, 0.2) is 5.78 Å². The Balaban J connectivity index is 1.66. The van der Waals surface area contributed by atoms with Crippen LogP contribution < -0.4 is 0 Å². The average molecular weight is 416 g/mol. The summed E-state index contributed by atoms with van der Waals surface area (Å²) in [4.78, 5) is 20.4. The predicted octanol–water partition coefficient (Wildman–Crippen LogP) is 6.62. The van der Waals surface area contributed by atoms with E-state index in [1.807, 2.05) is 30.3 Å². The number of hydrogen-bond donors (Lipinski definition) is 1. The van der Waals surface area contributed by atoms with Crippen molar-refractivity contribution in [3.63, 3.8) is 0 Å². The monoisotopic (exact) mass is 414 g/mol. The molecule has 6 heteroatoms. The second kappa shape index (κ2) is 7.35. The molecule has 3 aromatic carbocycles. The van der Waals surface area contributed by atoms with E-state index in [1.165, 1.54) is 0 Å². The fraction of sp³-hybridized carbons (Fsp3) is 0.0476. The normalized spacial score (nSPS) is 11.1. The van der Waals surface area contributed by atoms with Crippen molar-refractivity contribution in [1.82, 2.24) is 9.97 Å². The van der Waals surface area contributed by atoms with Gasteiger partial charge in [0.1, 0.15) is 5.82 Å². The van der Waals surface area contributed by atoms with Crippen LogP contribution in [0.15, 0.2) is 60.7 Å². The number of Topliss-reactive ketones (excluding diaryl/α,β-unsaturated/α-hetero) is 1. The maximum atomic E-state index is 12.6. The highest BCUT2D eigenvalue weighted by molar-refractivity contribution is 6.43. The third-order valence-corrected chi connectivity index (χ3v) is 5.32. The molecule has 0 saturated carbocycles. The number of nitrogens with one attached hydrogen (secondary N) is 1. The van der Waals surface area contributed by atoms with Crippen LogP contribution in [0, 0.1) is 0 Å². The standard InChI is InChI=1S/C21H13Cl3N2O/c22-14-4-1-3-12(9-14)10-19(27)13-7-8-17-18(11-13)26-21(25-17)15-5-2-6-16(23)20(15)24/h1-9,11H,10H2,(H,25,26). The topological polar surface area (TPSA) is 45.8 Å². The van der Waals surface area contributed by atoms with Gasteiger partial charge in [-0.05, 0) is 48.0 Å². The molecule has 0 aliphatic rings. The number of hydrogen-bond acceptors (Lipinski definition) is 2. The van der Waals surface area contributed by atoms with E-state index in [2.05, 4.69) is 9.97 Å². The molecule has 0 fully saturated rings. The fourth-order valence-electron chi connectivity index (χ4n) is 2.93. The van der Waals surface area contributed by atoms with Crippen molar-refractivity contribution < 1.29 is 4.79 Å². The highest BCUT2D eigenvalue weighted by Gasteiger charge is 2.13. The number of aromatic amines is 1. The molecule has 1 heterocycles. The average Bonchev–Trinajstić information content (AvgIpc) is 3.07. The minimum atomic E-state index is 0.0103. The lowest BCUT2D eigenvalue weighted by molar-refractivity contribution is 0.0993. The Morgan fingerprint density at radius 1 is 0.963 bits per heavy atom. The molecule has 27 heavy (non-hydrogen) atoms. The van der Waals surface area contributed by atoms with Crippen molar-refractivity contribution in [3.8, 4) is 11.4 Å². The van der Waals surface area contributed by atoms with Gasteiger partial charge in [0, 0.05) is 22.6 Å². The molecule has 0 atom stereocenters. The Hall–Kier alpha value is -2.33. The van der Waals surface area contributed by atoms with Crippen molar-refractivity contribution in [2.75, 3.05) is 0 Å². The number of carbonyl (C=O) groups is 1. The van der Waals surface area contributed by atoms with E-state index in [9.17, 15) is 4.79 Å². The van der Waals surface area contributed by atoms with Crippen LogP contribution in [0.5, 0.6) is 0 Å². The van der Waals surface area contributed by atoms with Crippen LogP contribution >= 0.6 is 34.8 Å². The van der Waals surface area contributed by atoms with Gasteiger partial charge in [0.05, 0.1) is 21.1 Å². The van der Waals surface area contributed by atoms with Gasteiger partial charge in [-0.3, -0.25) is 4.79 Å². The molecule has 0 radical (unpaired) electrons. The third kappa shape index (κ3) is 3.72. The lowest BCUT2D eigenvalue weighted by atomic mass is 10.0. The predicted molar refractivity (Wildman–Crippen MR) is 111 cm³/mol. The number of aromatic nitrogens is 2. The zero-order valence-corrected chi connectivity index (χ0v) is 16.2. The van der Waals surface area contributed by atoms with Crippen LogP contribution in [0.4, 0.5) is 0 Å². The highest BCUT2D eigenvalue weighted by atomic mass is 35.5. The first-order valence-electron chi connectivity index (χ1n) is 8.23. The van der Waals surface area contributed by atoms with Gasteiger partial charge in [-0.2, -0.15) is 0 Å². The van der Waals surface area contributed by atoms with Crippen LogP contribution in [0.2, 0.25) is 15.1 Å². The van der Waals surface area contributed by atoms with Gasteiger partial charge >= 0.3 is 0 Å². The van der Waals surface area contributed by atoms with Crippen LogP contribution in [-0.2, 0) is 6.42 Å². The van der Waals surface area contributed by atoms with Crippen LogP contribution in [0.25, 0.3) is 22.4 Å². The summed E-state index contributed by atoms with van der Waals surface area (Å²) in [6, 6.07) is 18.1. The first-order chi connectivity index (χ1) is 13.0. The van der Waals surface area contributed by atoms with E-state index in [-0.39, 0.29) is 12.2 Å². The Kier molecular flexibility index (Phi) is 4.92. The van der Waals surface area contributed by atoms with Gasteiger partial charge < -0.3 is 4.98 Å². The summed E-state index contributed by atoms with van der Waals surface area (Å²) in [5.74, 6) is 0.619. The molecule has 3 nitrogen and oxygen atoms in total. The van der Waals surface area contributed by atoms with E-state index in [0.29, 0.717) is 32.0 Å². The van der Waals surface area contributed by atoms with E-state index < -0.39 is 0 Å². The van der Waals surface area contributed by atoms with Gasteiger partial charge in [0.25, 0.3) is 0 Å². The summed E-state index contributed by atoms with van der Waals surface area (Å²) in [5, 5.41) is 1.52. The van der Waals surface area contributed by atoms with E-state index >= 15 is 0 Å². The zero-order chi connectivity index (χ0) is 19.0. The lowest BCUT2D eigenvalue weighted by Crippen LogP contribution is -2.03. The molecule has 0 bridgehead atoms. The minimum absolute atomic E-state index is 0.0103. The molecule has 4 rings (SSSR count). The highest BCUT2D eigenvalue weighted by Crippen LogP contribution is 2.33. The van der Waals surface area contributed by atoms with Crippen molar-refractivity contribution in [3.05, 3.63) is 86.9 Å². The third-order valence-electron chi connectivity index (χ3n) is 4.26. The molecule has 0 aliphatic heterocycles. The maximum absolute atomic E-state index is 12.6. The first-order valence-corrected chi connectivity index (χ1v) is 9.36. The van der Waals surface area contributed by atoms with Crippen molar-refractivity contribution >= 4 is 51.6 Å². The number of nitrogens with zero attached hydrogens (tertiary/aromatic N) is 1. The smallest absolute Gasteiger partial charge is 0.167 e. The summed E-state index contributed by atoms with van der Waals surface area (Å²) in [6.07, 6.45) is 0.285. The molecule has 0 aliphatic carbocycles. The van der Waals surface area contributed by atoms with Gasteiger partial charge in [-0.1, -0.05) is 53.0 Å². The van der Waals surface area contributed by atoms with Crippen molar-refractivity contribution in [1.29, 1.82) is 0 Å². The van der Waals surface area contributed by atoms with Gasteiger partial charge in [-0.15, -0.1) is 0 Å². The number of H-pyrrole nitrogens is 1. The Bertz CT molecular complexity index is 1170. The number of rotatable bonds is 4. The molecular weight excluding hydrogens is 403 g/mol. The summed E-state index contributed by atoms with van der Waals surface area (Å²) in [5.41, 5.74) is 3.71. The summed E-state index contributed by atoms with van der Waals surface area (Å²) < 4.78 is 0. The van der Waals surface area contributed by atoms with Crippen molar-refractivity contribution in [2.45, 2.75) is 6.42 Å². The summed E-state index contributed by atoms with van der Waals surface area (Å²) in [7, 11) is 0. The number of ketones is 1. The molecule has 0 saturated heterocycles. The number of imidazole rings is 1. The van der Waals surface area contributed by atoms with Crippen LogP contribution in [0.3, 0.4) is 0 Å². The number of fused-ring (bicyclic) bond motifs is 1. The first kappa shape index (κ1) is 18.1. The molecule has 4 aromatic rings.